The molecular weight excluding hydrogens is 306 g/mol. The maximum atomic E-state index is 12.7. The number of Topliss-reactive ketones (excluding diaryl/α,β-unsaturated/α-hetero) is 1. The summed E-state index contributed by atoms with van der Waals surface area (Å²) in [6.07, 6.45) is 3.85. The van der Waals surface area contributed by atoms with Gasteiger partial charge in [-0.25, -0.2) is 0 Å². The molecule has 0 radical (unpaired) electrons. The lowest BCUT2D eigenvalue weighted by Crippen LogP contribution is -2.50. The van der Waals surface area contributed by atoms with Crippen molar-refractivity contribution in [2.45, 2.75) is 31.7 Å². The molecule has 2 aromatic rings. The van der Waals surface area contributed by atoms with Crippen LogP contribution >= 0.6 is 0 Å². The van der Waals surface area contributed by atoms with Crippen molar-refractivity contribution >= 4 is 28.5 Å². The van der Waals surface area contributed by atoms with Gasteiger partial charge in [0.25, 0.3) is 5.91 Å². The van der Waals surface area contributed by atoms with E-state index >= 15 is 0 Å². The third-order valence-electron chi connectivity index (χ3n) is 4.46. The number of fused-ring (bicyclic) bond motifs is 1. The van der Waals surface area contributed by atoms with Crippen molar-refractivity contribution in [3.8, 4) is 0 Å². The van der Waals surface area contributed by atoms with Gasteiger partial charge in [-0.05, 0) is 30.9 Å². The van der Waals surface area contributed by atoms with Crippen molar-refractivity contribution in [2.24, 2.45) is 11.7 Å². The number of ketones is 1. The van der Waals surface area contributed by atoms with Crippen LogP contribution in [0.5, 0.6) is 0 Å². The molecule has 24 heavy (non-hydrogen) atoms. The molecule has 3 N–H and O–H groups in total. The molecule has 0 spiro atoms. The minimum Gasteiger partial charge on any atom is -0.368 e. The van der Waals surface area contributed by atoms with Crippen molar-refractivity contribution in [1.29, 1.82) is 0 Å². The zero-order valence-electron chi connectivity index (χ0n) is 13.2. The molecule has 2 atom stereocenters. The lowest BCUT2D eigenvalue weighted by molar-refractivity contribution is -0.124. The molecule has 1 aliphatic rings. The highest BCUT2D eigenvalue weighted by Crippen LogP contribution is 2.25. The summed E-state index contributed by atoms with van der Waals surface area (Å²) in [6, 6.07) is 8.11. The van der Waals surface area contributed by atoms with Crippen molar-refractivity contribution in [2.75, 3.05) is 0 Å². The van der Waals surface area contributed by atoms with Gasteiger partial charge in [0, 0.05) is 24.4 Å². The van der Waals surface area contributed by atoms with Gasteiger partial charge in [0.15, 0.2) is 0 Å². The van der Waals surface area contributed by atoms with Crippen LogP contribution in [0.15, 0.2) is 36.5 Å². The number of para-hydroxylation sites is 1. The molecular formula is C18H19N3O3. The van der Waals surface area contributed by atoms with Crippen molar-refractivity contribution in [1.82, 2.24) is 10.3 Å². The number of nitrogens with zero attached hydrogens (tertiary/aromatic N) is 1. The highest BCUT2D eigenvalue weighted by Gasteiger charge is 2.32. The van der Waals surface area contributed by atoms with Gasteiger partial charge in [-0.1, -0.05) is 18.2 Å². The minimum absolute atomic E-state index is 0.110. The quantitative estimate of drug-likeness (QED) is 0.891. The molecule has 0 unspecified atom stereocenters. The molecule has 6 heteroatoms. The van der Waals surface area contributed by atoms with Crippen LogP contribution < -0.4 is 11.1 Å². The van der Waals surface area contributed by atoms with E-state index in [4.69, 9.17) is 5.73 Å². The first-order valence-electron chi connectivity index (χ1n) is 8.02. The first-order chi connectivity index (χ1) is 11.6. The molecule has 0 aliphatic heterocycles. The van der Waals surface area contributed by atoms with Crippen molar-refractivity contribution in [3.05, 3.63) is 42.1 Å². The number of carbonyl (C=O) groups is 3. The Morgan fingerprint density at radius 1 is 1.25 bits per heavy atom. The van der Waals surface area contributed by atoms with E-state index in [9.17, 15) is 14.4 Å². The Balaban J connectivity index is 1.85. The number of nitrogens with two attached hydrogens (primary N) is 1. The fourth-order valence-corrected chi connectivity index (χ4v) is 3.27. The number of hydrogen-bond acceptors (Lipinski definition) is 4. The Bertz CT molecular complexity index is 798. The minimum atomic E-state index is -0.847. The number of carbonyl (C=O) groups excluding carboxylic acids is 3. The van der Waals surface area contributed by atoms with Crippen LogP contribution in [0, 0.1) is 5.92 Å². The second-order valence-electron chi connectivity index (χ2n) is 6.13. The topological polar surface area (TPSA) is 102 Å². The van der Waals surface area contributed by atoms with Gasteiger partial charge in [0.2, 0.25) is 5.91 Å². The summed E-state index contributed by atoms with van der Waals surface area (Å²) in [7, 11) is 0. The summed E-state index contributed by atoms with van der Waals surface area (Å²) in [5, 5.41) is 3.55. The molecule has 1 aliphatic carbocycles. The molecule has 1 aromatic heterocycles. The normalized spacial score (nSPS) is 19.0. The Morgan fingerprint density at radius 3 is 2.79 bits per heavy atom. The monoisotopic (exact) mass is 325 g/mol. The van der Waals surface area contributed by atoms with Crippen LogP contribution in [-0.4, -0.2) is 28.6 Å². The van der Waals surface area contributed by atoms with E-state index in [1.165, 1.54) is 0 Å². The van der Waals surface area contributed by atoms with Gasteiger partial charge in [0.05, 0.1) is 11.1 Å². The lowest BCUT2D eigenvalue weighted by Gasteiger charge is -2.28. The summed E-state index contributed by atoms with van der Waals surface area (Å²) < 4.78 is 0. The predicted molar refractivity (Wildman–Crippen MR) is 89.2 cm³/mol. The second-order valence-corrected chi connectivity index (χ2v) is 6.13. The van der Waals surface area contributed by atoms with Gasteiger partial charge in [-0.15, -0.1) is 0 Å². The van der Waals surface area contributed by atoms with Gasteiger partial charge in [-0.2, -0.15) is 0 Å². The number of primary amides is 1. The summed E-state index contributed by atoms with van der Waals surface area (Å²) in [6.45, 7) is 0. The summed E-state index contributed by atoms with van der Waals surface area (Å²) >= 11 is 0. The van der Waals surface area contributed by atoms with E-state index in [2.05, 4.69) is 10.3 Å². The number of rotatable bonds is 4. The molecule has 3 rings (SSSR count). The average molecular weight is 325 g/mol. The van der Waals surface area contributed by atoms with Crippen LogP contribution in [0.25, 0.3) is 10.9 Å². The van der Waals surface area contributed by atoms with Crippen LogP contribution in [0.1, 0.15) is 36.0 Å². The predicted octanol–water partition coefficient (Wildman–Crippen LogP) is 1.58. The van der Waals surface area contributed by atoms with Gasteiger partial charge in [-0.3, -0.25) is 19.4 Å². The first kappa shape index (κ1) is 16.1. The van der Waals surface area contributed by atoms with Crippen LogP contribution in [-0.2, 0) is 9.59 Å². The SMILES string of the molecule is NC(=O)[C@@H](NC(=O)c1cccc2cccnc12)[C@@H]1CCCC(=O)C1. The first-order valence-corrected chi connectivity index (χ1v) is 8.02. The summed E-state index contributed by atoms with van der Waals surface area (Å²) in [5.74, 6) is -1.15. The number of nitrogens with one attached hydrogen (secondary N) is 1. The Morgan fingerprint density at radius 2 is 2.04 bits per heavy atom. The smallest absolute Gasteiger partial charge is 0.254 e. The lowest BCUT2D eigenvalue weighted by atomic mass is 9.82. The Kier molecular flexibility index (Phi) is 4.55. The zero-order chi connectivity index (χ0) is 17.1. The molecule has 1 heterocycles. The maximum Gasteiger partial charge on any atom is 0.254 e. The maximum absolute atomic E-state index is 12.7. The van der Waals surface area contributed by atoms with E-state index in [1.54, 1.807) is 24.4 Å². The molecule has 2 amide bonds. The van der Waals surface area contributed by atoms with E-state index in [0.29, 0.717) is 23.9 Å². The molecule has 124 valence electrons. The molecule has 6 nitrogen and oxygen atoms in total. The van der Waals surface area contributed by atoms with Crippen molar-refractivity contribution < 1.29 is 14.4 Å². The summed E-state index contributed by atoms with van der Waals surface area (Å²) in [5.41, 5.74) is 6.43. The fraction of sp³-hybridized carbons (Fsp3) is 0.333. The van der Waals surface area contributed by atoms with E-state index < -0.39 is 17.9 Å². The van der Waals surface area contributed by atoms with Crippen LogP contribution in [0.3, 0.4) is 0 Å². The third-order valence-corrected chi connectivity index (χ3v) is 4.46. The molecule has 0 bridgehead atoms. The van der Waals surface area contributed by atoms with Crippen LogP contribution in [0.4, 0.5) is 0 Å². The van der Waals surface area contributed by atoms with E-state index in [-0.39, 0.29) is 18.1 Å². The van der Waals surface area contributed by atoms with Crippen molar-refractivity contribution in [3.63, 3.8) is 0 Å². The second kappa shape index (κ2) is 6.78. The molecule has 1 aromatic carbocycles. The highest BCUT2D eigenvalue weighted by molar-refractivity contribution is 6.06. The number of aromatic nitrogens is 1. The number of amides is 2. The fourth-order valence-electron chi connectivity index (χ4n) is 3.27. The number of benzene rings is 1. The highest BCUT2D eigenvalue weighted by atomic mass is 16.2. The molecule has 1 saturated carbocycles. The molecule has 0 saturated heterocycles. The average Bonchev–Trinajstić information content (AvgIpc) is 2.58. The van der Waals surface area contributed by atoms with E-state index in [1.807, 2.05) is 12.1 Å². The molecule has 1 fully saturated rings. The number of pyridine rings is 1. The van der Waals surface area contributed by atoms with Gasteiger partial charge < -0.3 is 11.1 Å². The van der Waals surface area contributed by atoms with Gasteiger partial charge >= 0.3 is 0 Å². The number of hydrogen-bond donors (Lipinski definition) is 2. The standard InChI is InChI=1S/C18H19N3O3/c19-17(23)16(12-5-1-7-13(22)10-12)21-18(24)14-8-2-4-11-6-3-9-20-15(11)14/h2-4,6,8-9,12,16H,1,5,7,10H2,(H2,19,23)(H,21,24)/t12-,16+/m1/s1. The third kappa shape index (κ3) is 3.27. The zero-order valence-corrected chi connectivity index (χ0v) is 13.2. The van der Waals surface area contributed by atoms with E-state index in [0.717, 1.165) is 11.8 Å². The van der Waals surface area contributed by atoms with Crippen LogP contribution in [0.2, 0.25) is 0 Å². The Hall–Kier alpha value is -2.76. The summed E-state index contributed by atoms with van der Waals surface area (Å²) in [4.78, 5) is 40.4. The largest absolute Gasteiger partial charge is 0.368 e. The van der Waals surface area contributed by atoms with Gasteiger partial charge in [0.1, 0.15) is 11.8 Å². The Labute approximate surface area is 139 Å².